The lowest BCUT2D eigenvalue weighted by molar-refractivity contribution is -0.143. The Kier molecular flexibility index (Phi) is 63.9. The lowest BCUT2D eigenvalue weighted by Crippen LogP contribution is -2.45. The van der Waals surface area contributed by atoms with Crippen LogP contribution in [0.3, 0.4) is 0 Å². The fraction of sp³-hybridized carbons (Fsp3) is 0.886. The van der Waals surface area contributed by atoms with E-state index in [1.807, 2.05) is 0 Å². The van der Waals surface area contributed by atoms with Crippen molar-refractivity contribution in [3.05, 3.63) is 36.5 Å². The van der Waals surface area contributed by atoms with Crippen LogP contribution in [0.4, 0.5) is 0 Å². The molecule has 0 saturated carbocycles. The Morgan fingerprint density at radius 2 is 0.671 bits per heavy atom. The highest BCUT2D eigenvalue weighted by atomic mass is 16.5. The molecular weight excluding hydrogens is 935 g/mol. The molecule has 6 nitrogen and oxygen atoms in total. The standard InChI is InChI=1S/C70H133NO5/c1-3-5-7-9-11-13-42-46-50-54-58-62-68(73)67(66-72)71-69(74)63-59-55-51-47-44-40-38-36-34-32-30-28-26-24-22-20-18-16-15-17-19-21-23-25-27-29-31-33-35-37-39-41-45-49-53-57-61-65-76-70(75)64-60-56-52-48-43-14-12-10-8-6-4-2/h10,12,15,17,21,23,67-68,72-73H,3-9,11,13-14,16,18-20,22,24-66H2,1-2H3,(H,71,74)/b12-10-,17-15-,23-21-. The topological polar surface area (TPSA) is 95.9 Å². The van der Waals surface area contributed by atoms with E-state index in [0.717, 1.165) is 51.4 Å². The predicted octanol–water partition coefficient (Wildman–Crippen LogP) is 21.9. The molecular formula is C70H133NO5. The molecule has 0 aliphatic heterocycles. The van der Waals surface area contributed by atoms with Gasteiger partial charge in [-0.2, -0.15) is 0 Å². The summed E-state index contributed by atoms with van der Waals surface area (Å²) in [5.74, 6) is -0.0242. The van der Waals surface area contributed by atoms with E-state index >= 15 is 0 Å². The van der Waals surface area contributed by atoms with Crippen molar-refractivity contribution in [2.24, 2.45) is 0 Å². The van der Waals surface area contributed by atoms with Gasteiger partial charge < -0.3 is 20.3 Å². The second-order valence-electron chi connectivity index (χ2n) is 23.5. The minimum absolute atomic E-state index is 0.00764. The van der Waals surface area contributed by atoms with Crippen LogP contribution in [-0.2, 0) is 14.3 Å². The fourth-order valence-corrected chi connectivity index (χ4v) is 10.7. The largest absolute Gasteiger partial charge is 0.466 e. The first-order valence-corrected chi connectivity index (χ1v) is 34.2. The molecule has 76 heavy (non-hydrogen) atoms. The summed E-state index contributed by atoms with van der Waals surface area (Å²) < 4.78 is 5.46. The van der Waals surface area contributed by atoms with Crippen LogP contribution < -0.4 is 5.32 Å². The maximum absolute atomic E-state index is 12.5. The summed E-state index contributed by atoms with van der Waals surface area (Å²) in [5, 5.41) is 23.2. The third-order valence-corrected chi connectivity index (χ3v) is 15.9. The summed E-state index contributed by atoms with van der Waals surface area (Å²) in [5.41, 5.74) is 0. The van der Waals surface area contributed by atoms with Crippen LogP contribution in [-0.4, -0.2) is 47.4 Å². The summed E-state index contributed by atoms with van der Waals surface area (Å²) in [6, 6.07) is -0.538. The van der Waals surface area contributed by atoms with E-state index < -0.39 is 12.1 Å². The zero-order valence-corrected chi connectivity index (χ0v) is 51.3. The summed E-state index contributed by atoms with van der Waals surface area (Å²) in [4.78, 5) is 24.5. The fourth-order valence-electron chi connectivity index (χ4n) is 10.7. The van der Waals surface area contributed by atoms with Gasteiger partial charge in [0.2, 0.25) is 5.91 Å². The number of allylic oxidation sites excluding steroid dienone is 6. The first kappa shape index (κ1) is 74.1. The number of esters is 1. The Hall–Kier alpha value is -1.92. The van der Waals surface area contributed by atoms with Crippen LogP contribution in [0.1, 0.15) is 373 Å². The van der Waals surface area contributed by atoms with Crippen molar-refractivity contribution in [2.75, 3.05) is 13.2 Å². The van der Waals surface area contributed by atoms with Gasteiger partial charge in [0.15, 0.2) is 0 Å². The minimum atomic E-state index is -0.661. The molecule has 1 amide bonds. The number of carbonyl (C=O) groups is 2. The van der Waals surface area contributed by atoms with E-state index in [2.05, 4.69) is 55.6 Å². The summed E-state index contributed by atoms with van der Waals surface area (Å²) >= 11 is 0. The number of amides is 1. The van der Waals surface area contributed by atoms with Crippen molar-refractivity contribution < 1.29 is 24.5 Å². The second kappa shape index (κ2) is 65.6. The predicted molar refractivity (Wildman–Crippen MR) is 333 cm³/mol. The molecule has 0 aromatic carbocycles. The van der Waals surface area contributed by atoms with Gasteiger partial charge in [0.1, 0.15) is 0 Å². The van der Waals surface area contributed by atoms with Crippen LogP contribution in [0.15, 0.2) is 36.5 Å². The van der Waals surface area contributed by atoms with E-state index in [1.165, 1.54) is 289 Å². The smallest absolute Gasteiger partial charge is 0.305 e. The minimum Gasteiger partial charge on any atom is -0.466 e. The number of aliphatic hydroxyl groups is 2. The van der Waals surface area contributed by atoms with E-state index in [-0.39, 0.29) is 18.5 Å². The molecule has 0 aromatic rings. The Morgan fingerprint density at radius 1 is 0.368 bits per heavy atom. The second-order valence-corrected chi connectivity index (χ2v) is 23.5. The molecule has 0 saturated heterocycles. The van der Waals surface area contributed by atoms with Gasteiger partial charge in [0.25, 0.3) is 0 Å². The van der Waals surface area contributed by atoms with Gasteiger partial charge in [-0.1, -0.05) is 320 Å². The van der Waals surface area contributed by atoms with E-state index in [4.69, 9.17) is 4.74 Å². The number of hydrogen-bond acceptors (Lipinski definition) is 5. The molecule has 2 atom stereocenters. The van der Waals surface area contributed by atoms with Gasteiger partial charge in [-0.05, 0) is 77.0 Å². The van der Waals surface area contributed by atoms with Crippen LogP contribution in [0.25, 0.3) is 0 Å². The van der Waals surface area contributed by atoms with Crippen molar-refractivity contribution >= 4 is 11.9 Å². The van der Waals surface area contributed by atoms with Gasteiger partial charge in [0.05, 0.1) is 25.4 Å². The summed E-state index contributed by atoms with van der Waals surface area (Å²) in [6.07, 6.45) is 83.5. The van der Waals surface area contributed by atoms with Crippen molar-refractivity contribution in [3.8, 4) is 0 Å². The molecule has 0 aromatic heterocycles. The number of ether oxygens (including phenoxy) is 1. The number of rotatable bonds is 64. The molecule has 0 aliphatic carbocycles. The van der Waals surface area contributed by atoms with E-state index in [1.54, 1.807) is 0 Å². The molecule has 0 spiro atoms. The Labute approximate surface area is 474 Å². The monoisotopic (exact) mass is 1070 g/mol. The molecule has 0 heterocycles. The highest BCUT2D eigenvalue weighted by Gasteiger charge is 2.20. The zero-order chi connectivity index (χ0) is 55.0. The molecule has 3 N–H and O–H groups in total. The SMILES string of the molecule is CCCC/C=C\CCCCCCCC(=O)OCCCCCCCCCCCCCCC/C=C\C/C=C\CCCCCCCCCCCCCCCCCCCC(=O)NC(CO)C(O)CCCCCCCCCCCCC. The van der Waals surface area contributed by atoms with E-state index in [9.17, 15) is 19.8 Å². The van der Waals surface area contributed by atoms with Crippen molar-refractivity contribution in [1.82, 2.24) is 5.32 Å². The quantitative estimate of drug-likeness (QED) is 0.0320. The molecule has 0 bridgehead atoms. The molecule has 0 fully saturated rings. The summed E-state index contributed by atoms with van der Waals surface area (Å²) in [7, 11) is 0. The highest BCUT2D eigenvalue weighted by molar-refractivity contribution is 5.76. The normalized spacial score (nSPS) is 12.7. The van der Waals surface area contributed by atoms with Gasteiger partial charge in [-0.25, -0.2) is 0 Å². The number of hydrogen-bond donors (Lipinski definition) is 3. The van der Waals surface area contributed by atoms with Gasteiger partial charge in [-0.15, -0.1) is 0 Å². The number of unbranched alkanes of at least 4 members (excludes halogenated alkanes) is 47. The first-order valence-electron chi connectivity index (χ1n) is 34.2. The molecule has 2 unspecified atom stereocenters. The molecule has 0 radical (unpaired) electrons. The number of aliphatic hydroxyl groups excluding tert-OH is 2. The molecule has 6 heteroatoms. The lowest BCUT2D eigenvalue weighted by atomic mass is 10.0. The maximum atomic E-state index is 12.5. The number of nitrogens with one attached hydrogen (secondary N) is 1. The zero-order valence-electron chi connectivity index (χ0n) is 51.3. The highest BCUT2D eigenvalue weighted by Crippen LogP contribution is 2.18. The van der Waals surface area contributed by atoms with Crippen LogP contribution in [0.2, 0.25) is 0 Å². The van der Waals surface area contributed by atoms with Crippen LogP contribution in [0, 0.1) is 0 Å². The van der Waals surface area contributed by atoms with Gasteiger partial charge >= 0.3 is 5.97 Å². The van der Waals surface area contributed by atoms with Crippen molar-refractivity contribution in [1.29, 1.82) is 0 Å². The lowest BCUT2D eigenvalue weighted by Gasteiger charge is -2.22. The average Bonchev–Trinajstić information content (AvgIpc) is 3.42. The third-order valence-electron chi connectivity index (χ3n) is 15.9. The number of carbonyl (C=O) groups excluding carboxylic acids is 2. The van der Waals surface area contributed by atoms with Gasteiger partial charge in [0, 0.05) is 12.8 Å². The van der Waals surface area contributed by atoms with Crippen molar-refractivity contribution in [2.45, 2.75) is 386 Å². The molecule has 0 aliphatic rings. The maximum Gasteiger partial charge on any atom is 0.305 e. The Morgan fingerprint density at radius 3 is 1.05 bits per heavy atom. The van der Waals surface area contributed by atoms with Gasteiger partial charge in [-0.3, -0.25) is 9.59 Å². The van der Waals surface area contributed by atoms with Crippen LogP contribution in [0.5, 0.6) is 0 Å². The Balaban J connectivity index is 3.34. The van der Waals surface area contributed by atoms with Crippen LogP contribution >= 0.6 is 0 Å². The van der Waals surface area contributed by atoms with E-state index in [0.29, 0.717) is 25.9 Å². The summed E-state index contributed by atoms with van der Waals surface area (Å²) in [6.45, 7) is 4.92. The third kappa shape index (κ3) is 61.3. The average molecular weight is 1070 g/mol. The Bertz CT molecular complexity index is 1230. The first-order chi connectivity index (χ1) is 37.5. The van der Waals surface area contributed by atoms with Crippen molar-refractivity contribution in [3.63, 3.8) is 0 Å². The molecule has 0 rings (SSSR count). The molecule has 448 valence electrons.